The second-order valence-corrected chi connectivity index (χ2v) is 9.86. The molecule has 2 aromatic rings. The Morgan fingerprint density at radius 2 is 2.15 bits per heavy atom. The summed E-state index contributed by atoms with van der Waals surface area (Å²) >= 11 is 9.34. The summed E-state index contributed by atoms with van der Waals surface area (Å²) in [6, 6.07) is -0.141. The Kier molecular flexibility index (Phi) is 7.75. The van der Waals surface area contributed by atoms with Gasteiger partial charge in [0.05, 0.1) is 17.6 Å². The van der Waals surface area contributed by atoms with Crippen LogP contribution in [0.15, 0.2) is 9.27 Å². The van der Waals surface area contributed by atoms with Gasteiger partial charge in [-0.05, 0) is 50.0 Å². The third-order valence-electron chi connectivity index (χ3n) is 5.20. The number of ether oxygens (including phenoxy) is 3. The Bertz CT molecular complexity index is 1110. The first-order valence-electron chi connectivity index (χ1n) is 10.4. The molecule has 3 rings (SSSR count). The van der Waals surface area contributed by atoms with Gasteiger partial charge in [0.15, 0.2) is 11.6 Å². The molecule has 33 heavy (non-hydrogen) atoms. The number of H-pyrrole nitrogens is 1. The lowest BCUT2D eigenvalue weighted by Crippen LogP contribution is -2.60. The van der Waals surface area contributed by atoms with Crippen molar-refractivity contribution in [3.05, 3.63) is 25.7 Å². The molecule has 182 valence electrons. The Hall–Kier alpha value is -2.11. The average molecular weight is 550 g/mol. The van der Waals surface area contributed by atoms with Crippen LogP contribution in [0, 0.1) is 5.82 Å². The third-order valence-corrected chi connectivity index (χ3v) is 6.53. The summed E-state index contributed by atoms with van der Waals surface area (Å²) in [5.74, 6) is -0.768. The van der Waals surface area contributed by atoms with Gasteiger partial charge in [0.25, 0.3) is 11.6 Å². The third kappa shape index (κ3) is 5.52. The lowest BCUT2D eigenvalue weighted by molar-refractivity contribution is -0.0116. The minimum absolute atomic E-state index is 0.00347. The van der Waals surface area contributed by atoms with E-state index in [4.69, 9.17) is 25.8 Å². The molecular weight excluding hydrogens is 523 g/mol. The second kappa shape index (κ2) is 10.0. The van der Waals surface area contributed by atoms with Crippen molar-refractivity contribution >= 4 is 44.5 Å². The van der Waals surface area contributed by atoms with Crippen molar-refractivity contribution in [1.29, 1.82) is 0 Å². The van der Waals surface area contributed by atoms with Crippen LogP contribution in [0.3, 0.4) is 0 Å². The zero-order valence-electron chi connectivity index (χ0n) is 19.1. The number of fused-ring (bicyclic) bond motifs is 1. The number of nitrogens with zero attached hydrogens (tertiary/aromatic N) is 2. The fourth-order valence-electron chi connectivity index (χ4n) is 3.51. The van der Waals surface area contributed by atoms with Gasteiger partial charge in [-0.15, -0.1) is 0 Å². The summed E-state index contributed by atoms with van der Waals surface area (Å²) in [5, 5.41) is 3.13. The Labute approximate surface area is 204 Å². The lowest BCUT2D eigenvalue weighted by atomic mass is 9.97. The minimum atomic E-state index is -0.786. The molecule has 2 N–H and O–H groups in total. The molecule has 2 unspecified atom stereocenters. The fourth-order valence-corrected chi connectivity index (χ4v) is 4.11. The maximum absolute atomic E-state index is 14.7. The van der Waals surface area contributed by atoms with Crippen LogP contribution < -0.4 is 20.3 Å². The maximum atomic E-state index is 14.7. The largest absolute Gasteiger partial charge is 0.490 e. The van der Waals surface area contributed by atoms with Gasteiger partial charge in [0.2, 0.25) is 0 Å². The van der Waals surface area contributed by atoms with E-state index in [9.17, 15) is 14.0 Å². The number of amides is 1. The van der Waals surface area contributed by atoms with Crippen LogP contribution >= 0.6 is 27.5 Å². The van der Waals surface area contributed by atoms with Gasteiger partial charge in [0, 0.05) is 19.1 Å². The highest BCUT2D eigenvalue weighted by Crippen LogP contribution is 2.40. The average Bonchev–Trinajstić information content (AvgIpc) is 2.69. The predicted octanol–water partition coefficient (Wildman–Crippen LogP) is 3.85. The van der Waals surface area contributed by atoms with E-state index in [1.165, 1.54) is 7.11 Å². The first-order valence-corrected chi connectivity index (χ1v) is 11.6. The van der Waals surface area contributed by atoms with Gasteiger partial charge >= 0.3 is 6.09 Å². The summed E-state index contributed by atoms with van der Waals surface area (Å²) in [6.45, 7) is 8.65. The molecule has 0 radical (unpaired) electrons. The number of benzene rings is 1. The van der Waals surface area contributed by atoms with Crippen molar-refractivity contribution in [2.24, 2.45) is 0 Å². The zero-order chi connectivity index (χ0) is 24.5. The number of carbonyl (C=O) groups excluding carboxylic acids is 1. The molecular formula is C21H27BrClFN4O5. The molecule has 1 saturated heterocycles. The van der Waals surface area contributed by atoms with Gasteiger partial charge in [-0.1, -0.05) is 11.6 Å². The SMILES string of the molecule is COc1nc2c(F)c(Br)c(Cl)c(OCCNC(C)C3CCN3C(=O)OC(C)(C)C)c2c(=O)[nH]1. The summed E-state index contributed by atoms with van der Waals surface area (Å²) in [6.07, 6.45) is 0.527. The van der Waals surface area contributed by atoms with Crippen LogP contribution in [-0.4, -0.2) is 65.5 Å². The van der Waals surface area contributed by atoms with Crippen LogP contribution in [0.25, 0.3) is 10.9 Å². The number of hydrogen-bond acceptors (Lipinski definition) is 7. The van der Waals surface area contributed by atoms with E-state index in [2.05, 4.69) is 31.2 Å². The van der Waals surface area contributed by atoms with Gasteiger partial charge in [-0.25, -0.2) is 9.18 Å². The number of likely N-dealkylation sites (tertiary alicyclic amines) is 1. The molecule has 1 fully saturated rings. The number of nitrogens with one attached hydrogen (secondary N) is 2. The number of aromatic nitrogens is 2. The Balaban J connectivity index is 1.66. The van der Waals surface area contributed by atoms with E-state index in [1.54, 1.807) is 4.90 Å². The van der Waals surface area contributed by atoms with Crippen molar-refractivity contribution in [3.8, 4) is 11.8 Å². The monoisotopic (exact) mass is 548 g/mol. The van der Waals surface area contributed by atoms with Crippen molar-refractivity contribution in [1.82, 2.24) is 20.2 Å². The normalized spacial score (nSPS) is 17.0. The summed E-state index contributed by atoms with van der Waals surface area (Å²) < 4.78 is 30.7. The molecule has 1 amide bonds. The molecule has 2 atom stereocenters. The number of hydrogen-bond donors (Lipinski definition) is 2. The number of halogens is 3. The Morgan fingerprint density at radius 1 is 1.45 bits per heavy atom. The molecule has 0 aliphatic carbocycles. The van der Waals surface area contributed by atoms with Crippen molar-refractivity contribution in [2.45, 2.75) is 51.8 Å². The summed E-state index contributed by atoms with van der Waals surface area (Å²) in [5.41, 5.74) is -1.40. The maximum Gasteiger partial charge on any atom is 0.410 e. The van der Waals surface area contributed by atoms with Gasteiger partial charge < -0.3 is 24.4 Å². The number of aromatic amines is 1. The highest BCUT2D eigenvalue weighted by atomic mass is 79.9. The number of carbonyl (C=O) groups is 1. The molecule has 0 saturated carbocycles. The minimum Gasteiger partial charge on any atom is -0.490 e. The van der Waals surface area contributed by atoms with Crippen molar-refractivity contribution < 1.29 is 23.4 Å². The van der Waals surface area contributed by atoms with Crippen LogP contribution in [-0.2, 0) is 4.74 Å². The van der Waals surface area contributed by atoms with E-state index in [0.717, 1.165) is 6.42 Å². The lowest BCUT2D eigenvalue weighted by Gasteiger charge is -2.44. The van der Waals surface area contributed by atoms with Crippen LogP contribution in [0.1, 0.15) is 34.1 Å². The van der Waals surface area contributed by atoms with Crippen molar-refractivity contribution in [2.75, 3.05) is 26.8 Å². The molecule has 0 spiro atoms. The van der Waals surface area contributed by atoms with E-state index in [0.29, 0.717) is 13.1 Å². The predicted molar refractivity (Wildman–Crippen MR) is 126 cm³/mol. The summed E-state index contributed by atoms with van der Waals surface area (Å²) in [4.78, 5) is 32.9. The second-order valence-electron chi connectivity index (χ2n) is 8.69. The molecule has 1 aliphatic heterocycles. The van der Waals surface area contributed by atoms with Crippen LogP contribution in [0.2, 0.25) is 5.02 Å². The zero-order valence-corrected chi connectivity index (χ0v) is 21.4. The molecule has 1 aromatic heterocycles. The number of methoxy groups -OCH3 is 1. The first kappa shape index (κ1) is 25.5. The van der Waals surface area contributed by atoms with Gasteiger partial charge in [-0.2, -0.15) is 4.98 Å². The van der Waals surface area contributed by atoms with Crippen LogP contribution in [0.5, 0.6) is 11.8 Å². The van der Waals surface area contributed by atoms with Crippen LogP contribution in [0.4, 0.5) is 9.18 Å². The summed E-state index contributed by atoms with van der Waals surface area (Å²) in [7, 11) is 1.31. The molecule has 0 bridgehead atoms. The van der Waals surface area contributed by atoms with Gasteiger partial charge in [0.1, 0.15) is 28.1 Å². The van der Waals surface area contributed by atoms with E-state index in [-0.39, 0.29) is 56.9 Å². The highest BCUT2D eigenvalue weighted by Gasteiger charge is 2.38. The highest BCUT2D eigenvalue weighted by molar-refractivity contribution is 9.10. The molecule has 1 aromatic carbocycles. The molecule has 9 nitrogen and oxygen atoms in total. The van der Waals surface area contributed by atoms with Crippen molar-refractivity contribution in [3.63, 3.8) is 0 Å². The van der Waals surface area contributed by atoms with E-state index in [1.807, 2.05) is 27.7 Å². The first-order chi connectivity index (χ1) is 15.4. The quantitative estimate of drug-likeness (QED) is 0.399. The van der Waals surface area contributed by atoms with Gasteiger partial charge in [-0.3, -0.25) is 9.78 Å². The smallest absolute Gasteiger partial charge is 0.410 e. The topological polar surface area (TPSA) is 106 Å². The fraction of sp³-hybridized carbons (Fsp3) is 0.571. The Morgan fingerprint density at radius 3 is 2.73 bits per heavy atom. The molecule has 12 heteroatoms. The number of rotatable bonds is 7. The molecule has 1 aliphatic rings. The standard InChI is InChI=1S/C21H27BrClFN4O5/c1-10(11-6-8-28(11)20(30)33-21(2,3)4)25-7-9-32-17-12-16(15(24)13(22)14(17)23)26-19(31-5)27-18(12)29/h10-11,25H,6-9H2,1-5H3,(H,26,27,29). The van der Waals surface area contributed by atoms with E-state index < -0.39 is 17.0 Å². The molecule has 2 heterocycles. The van der Waals surface area contributed by atoms with E-state index >= 15 is 0 Å².